The van der Waals surface area contributed by atoms with E-state index in [0.717, 1.165) is 37.8 Å². The molecule has 4 nitrogen and oxygen atoms in total. The lowest BCUT2D eigenvalue weighted by atomic mass is 10.1. The molecule has 1 aliphatic carbocycles. The number of benzene rings is 1. The summed E-state index contributed by atoms with van der Waals surface area (Å²) in [6.45, 7) is 4.12. The highest BCUT2D eigenvalue weighted by atomic mass is 15.2. The smallest absolute Gasteiger partial charge is 0.190 e. The fraction of sp³-hybridized carbons (Fsp3) is 0.526. The second kappa shape index (κ2) is 7.53. The van der Waals surface area contributed by atoms with E-state index >= 15 is 0 Å². The lowest BCUT2D eigenvalue weighted by Crippen LogP contribution is -2.38. The van der Waals surface area contributed by atoms with Crippen LogP contribution in [0.3, 0.4) is 0 Å². The highest BCUT2D eigenvalue weighted by molar-refractivity contribution is 5.86. The quantitative estimate of drug-likeness (QED) is 0.543. The van der Waals surface area contributed by atoms with Crippen molar-refractivity contribution in [2.45, 2.75) is 39.0 Å². The third kappa shape index (κ3) is 4.06. The number of aromatic nitrogens is 1. The van der Waals surface area contributed by atoms with Crippen LogP contribution in [0.5, 0.6) is 0 Å². The summed E-state index contributed by atoms with van der Waals surface area (Å²) in [5.41, 5.74) is 4.05. The minimum absolute atomic E-state index is 0.895. The lowest BCUT2D eigenvalue weighted by Gasteiger charge is -2.11. The predicted octanol–water partition coefficient (Wildman–Crippen LogP) is 3.24. The molecule has 23 heavy (non-hydrogen) atoms. The first-order valence-electron chi connectivity index (χ1n) is 8.84. The van der Waals surface area contributed by atoms with Gasteiger partial charge < -0.3 is 15.6 Å². The van der Waals surface area contributed by atoms with Gasteiger partial charge in [0.25, 0.3) is 0 Å². The zero-order valence-electron chi connectivity index (χ0n) is 14.3. The summed E-state index contributed by atoms with van der Waals surface area (Å²) in [5.74, 6) is 1.87. The highest BCUT2D eigenvalue weighted by Crippen LogP contribution is 2.31. The third-order valence-electron chi connectivity index (χ3n) is 4.72. The molecular formula is C19H28N4. The average Bonchev–Trinajstić information content (AvgIpc) is 3.32. The Kier molecular flexibility index (Phi) is 5.21. The molecule has 0 spiro atoms. The van der Waals surface area contributed by atoms with Crippen LogP contribution in [-0.2, 0) is 12.8 Å². The summed E-state index contributed by atoms with van der Waals surface area (Å²) in [6, 6.07) is 6.57. The molecule has 0 atom stereocenters. The summed E-state index contributed by atoms with van der Waals surface area (Å²) in [7, 11) is 1.84. The van der Waals surface area contributed by atoms with Gasteiger partial charge in [-0.3, -0.25) is 4.99 Å². The molecule has 0 aliphatic heterocycles. The Bertz CT molecular complexity index is 667. The number of para-hydroxylation sites is 1. The monoisotopic (exact) mass is 312 g/mol. The summed E-state index contributed by atoms with van der Waals surface area (Å²) in [5, 5.41) is 8.18. The van der Waals surface area contributed by atoms with Gasteiger partial charge in [-0.05, 0) is 36.3 Å². The Morgan fingerprint density at radius 3 is 2.78 bits per heavy atom. The zero-order chi connectivity index (χ0) is 16.1. The van der Waals surface area contributed by atoms with Gasteiger partial charge in [0, 0.05) is 37.2 Å². The molecule has 1 fully saturated rings. The maximum atomic E-state index is 4.30. The number of aromatic amines is 1. The molecule has 1 aliphatic rings. The van der Waals surface area contributed by atoms with E-state index in [2.05, 4.69) is 51.9 Å². The van der Waals surface area contributed by atoms with E-state index in [-0.39, 0.29) is 0 Å². The molecule has 1 aromatic heterocycles. The van der Waals surface area contributed by atoms with Crippen molar-refractivity contribution >= 4 is 16.9 Å². The zero-order valence-corrected chi connectivity index (χ0v) is 14.3. The standard InChI is InChI=1S/C19H28N4/c1-3-15-5-4-6-17-16(13-23-18(15)17)10-12-22-19(20-2)21-11-9-14-7-8-14/h4-6,13-14,23H,3,7-12H2,1-2H3,(H2,20,21,22). The van der Waals surface area contributed by atoms with Crippen molar-refractivity contribution < 1.29 is 0 Å². The first kappa shape index (κ1) is 15.9. The van der Waals surface area contributed by atoms with Crippen LogP contribution in [0.1, 0.15) is 37.3 Å². The summed E-state index contributed by atoms with van der Waals surface area (Å²) in [4.78, 5) is 7.74. The predicted molar refractivity (Wildman–Crippen MR) is 98.1 cm³/mol. The van der Waals surface area contributed by atoms with Crippen LogP contribution < -0.4 is 10.6 Å². The van der Waals surface area contributed by atoms with E-state index < -0.39 is 0 Å². The van der Waals surface area contributed by atoms with Gasteiger partial charge in [-0.15, -0.1) is 0 Å². The van der Waals surface area contributed by atoms with E-state index in [1.54, 1.807) is 0 Å². The summed E-state index contributed by atoms with van der Waals surface area (Å²) < 4.78 is 0. The van der Waals surface area contributed by atoms with Crippen molar-refractivity contribution in [3.05, 3.63) is 35.5 Å². The Hall–Kier alpha value is -1.97. The number of rotatable bonds is 7. The maximum absolute atomic E-state index is 4.30. The molecule has 3 N–H and O–H groups in total. The molecule has 1 aromatic carbocycles. The first-order valence-corrected chi connectivity index (χ1v) is 8.84. The normalized spacial score (nSPS) is 15.1. The molecule has 0 amide bonds. The number of nitrogens with one attached hydrogen (secondary N) is 3. The van der Waals surface area contributed by atoms with Crippen LogP contribution in [0.15, 0.2) is 29.4 Å². The molecule has 4 heteroatoms. The molecule has 0 bridgehead atoms. The fourth-order valence-corrected chi connectivity index (χ4v) is 3.11. The van der Waals surface area contributed by atoms with Crippen LogP contribution in [0.2, 0.25) is 0 Å². The fourth-order valence-electron chi connectivity index (χ4n) is 3.11. The molecule has 1 saturated carbocycles. The van der Waals surface area contributed by atoms with E-state index in [9.17, 15) is 0 Å². The Balaban J connectivity index is 1.51. The van der Waals surface area contributed by atoms with Crippen LogP contribution >= 0.6 is 0 Å². The molecule has 124 valence electrons. The largest absolute Gasteiger partial charge is 0.361 e. The molecule has 2 aromatic rings. The molecule has 0 unspecified atom stereocenters. The average molecular weight is 312 g/mol. The number of H-pyrrole nitrogens is 1. The van der Waals surface area contributed by atoms with E-state index in [0.29, 0.717) is 0 Å². The molecular weight excluding hydrogens is 284 g/mol. The van der Waals surface area contributed by atoms with Crippen molar-refractivity contribution in [3.8, 4) is 0 Å². The number of aryl methyl sites for hydroxylation is 1. The number of aliphatic imine (C=N–C) groups is 1. The number of fused-ring (bicyclic) bond motifs is 1. The van der Waals surface area contributed by atoms with E-state index in [1.807, 2.05) is 7.05 Å². The van der Waals surface area contributed by atoms with Gasteiger partial charge in [-0.25, -0.2) is 0 Å². The Labute approximate surface area is 138 Å². The van der Waals surface area contributed by atoms with E-state index in [1.165, 1.54) is 41.3 Å². The minimum atomic E-state index is 0.895. The van der Waals surface area contributed by atoms with Gasteiger partial charge in [0.1, 0.15) is 0 Å². The van der Waals surface area contributed by atoms with Crippen molar-refractivity contribution in [1.29, 1.82) is 0 Å². The van der Waals surface area contributed by atoms with Gasteiger partial charge >= 0.3 is 0 Å². The van der Waals surface area contributed by atoms with Gasteiger partial charge in [0.05, 0.1) is 0 Å². The highest BCUT2D eigenvalue weighted by Gasteiger charge is 2.20. The molecule has 1 heterocycles. The second-order valence-electron chi connectivity index (χ2n) is 6.41. The second-order valence-corrected chi connectivity index (χ2v) is 6.41. The summed E-state index contributed by atoms with van der Waals surface area (Å²) >= 11 is 0. The Morgan fingerprint density at radius 2 is 2.04 bits per heavy atom. The molecule has 0 saturated heterocycles. The number of guanidine groups is 1. The minimum Gasteiger partial charge on any atom is -0.361 e. The number of nitrogens with zero attached hydrogens (tertiary/aromatic N) is 1. The third-order valence-corrected chi connectivity index (χ3v) is 4.72. The van der Waals surface area contributed by atoms with Gasteiger partial charge in [-0.1, -0.05) is 38.0 Å². The topological polar surface area (TPSA) is 52.2 Å². The van der Waals surface area contributed by atoms with Crippen molar-refractivity contribution in [2.24, 2.45) is 10.9 Å². The first-order chi connectivity index (χ1) is 11.3. The van der Waals surface area contributed by atoms with Crippen LogP contribution in [0.25, 0.3) is 10.9 Å². The lowest BCUT2D eigenvalue weighted by molar-refractivity contribution is 0.684. The van der Waals surface area contributed by atoms with Crippen molar-refractivity contribution in [2.75, 3.05) is 20.1 Å². The maximum Gasteiger partial charge on any atom is 0.190 e. The molecule has 0 radical (unpaired) electrons. The SMILES string of the molecule is CCc1cccc2c(CCNC(=NC)NCCC3CC3)c[nH]c12. The summed E-state index contributed by atoms with van der Waals surface area (Å²) in [6.07, 6.45) is 8.30. The Morgan fingerprint density at radius 1 is 1.22 bits per heavy atom. The van der Waals surface area contributed by atoms with Gasteiger partial charge in [-0.2, -0.15) is 0 Å². The van der Waals surface area contributed by atoms with Crippen LogP contribution in [0, 0.1) is 5.92 Å². The van der Waals surface area contributed by atoms with Gasteiger partial charge in [0.15, 0.2) is 5.96 Å². The number of hydrogen-bond donors (Lipinski definition) is 3. The number of hydrogen-bond acceptors (Lipinski definition) is 1. The van der Waals surface area contributed by atoms with E-state index in [4.69, 9.17) is 0 Å². The van der Waals surface area contributed by atoms with Crippen LogP contribution in [0.4, 0.5) is 0 Å². The van der Waals surface area contributed by atoms with Crippen molar-refractivity contribution in [1.82, 2.24) is 15.6 Å². The van der Waals surface area contributed by atoms with Crippen molar-refractivity contribution in [3.63, 3.8) is 0 Å². The molecule has 3 rings (SSSR count). The van der Waals surface area contributed by atoms with Gasteiger partial charge in [0.2, 0.25) is 0 Å². The van der Waals surface area contributed by atoms with Crippen LogP contribution in [-0.4, -0.2) is 31.1 Å².